The van der Waals surface area contributed by atoms with Gasteiger partial charge in [0, 0.05) is 54.8 Å². The molecule has 4 heteroatoms. The van der Waals surface area contributed by atoms with Gasteiger partial charge in [0.1, 0.15) is 11.2 Å². The Bertz CT molecular complexity index is 4170. The Kier molecular flexibility index (Phi) is 7.36. The highest BCUT2D eigenvalue weighted by Crippen LogP contribution is 2.43. The molecule has 0 aliphatic rings. The fourth-order valence-corrected chi connectivity index (χ4v) is 10.6. The number of hydrogen-bond acceptors (Lipinski definition) is 1. The molecule has 0 bridgehead atoms. The SMILES string of the molecule is c1ccc(-c2ccc(-n3c4ccccc4c4c5oc6ccc(-n7c8ccccc8c8cc(-c9ccc%10c(c9)c9ccccc9n%10-c9ccccc9)ccc87)cc6c5ccc43)cc2)cc1. The van der Waals surface area contributed by atoms with Crippen molar-refractivity contribution in [2.75, 3.05) is 0 Å². The molecule has 0 unspecified atom stereocenters. The van der Waals surface area contributed by atoms with E-state index in [2.05, 4.69) is 238 Å². The first kappa shape index (κ1) is 35.0. The van der Waals surface area contributed by atoms with Crippen LogP contribution in [0, 0.1) is 0 Å². The van der Waals surface area contributed by atoms with Crippen LogP contribution >= 0.6 is 0 Å². The average molecular weight is 816 g/mol. The van der Waals surface area contributed by atoms with E-state index in [1.807, 2.05) is 0 Å². The van der Waals surface area contributed by atoms with Crippen LogP contribution in [-0.2, 0) is 0 Å². The van der Waals surface area contributed by atoms with E-state index in [9.17, 15) is 0 Å². The third-order valence-electron chi connectivity index (χ3n) is 13.4. The summed E-state index contributed by atoms with van der Waals surface area (Å²) in [6.07, 6.45) is 0. The lowest BCUT2D eigenvalue weighted by molar-refractivity contribution is 0.673. The van der Waals surface area contributed by atoms with Gasteiger partial charge < -0.3 is 18.1 Å². The Labute approximate surface area is 367 Å². The molecule has 0 spiro atoms. The molecular weight excluding hydrogens is 779 g/mol. The van der Waals surface area contributed by atoms with Crippen molar-refractivity contribution in [1.82, 2.24) is 13.7 Å². The van der Waals surface area contributed by atoms with Gasteiger partial charge in [-0.1, -0.05) is 127 Å². The molecule has 4 aromatic heterocycles. The monoisotopic (exact) mass is 815 g/mol. The van der Waals surface area contributed by atoms with E-state index in [0.29, 0.717) is 0 Å². The van der Waals surface area contributed by atoms with E-state index in [-0.39, 0.29) is 0 Å². The predicted octanol–water partition coefficient (Wildman–Crippen LogP) is 16.2. The van der Waals surface area contributed by atoms with Gasteiger partial charge in [0.15, 0.2) is 0 Å². The van der Waals surface area contributed by atoms with E-state index in [0.717, 1.165) is 49.7 Å². The summed E-state index contributed by atoms with van der Waals surface area (Å²) in [5.41, 5.74) is 17.0. The Morgan fingerprint density at radius 1 is 0.250 bits per heavy atom. The normalized spacial score (nSPS) is 12.1. The quantitative estimate of drug-likeness (QED) is 0.170. The highest BCUT2D eigenvalue weighted by atomic mass is 16.3. The van der Waals surface area contributed by atoms with Gasteiger partial charge in [-0.05, 0) is 119 Å². The third-order valence-corrected chi connectivity index (χ3v) is 13.4. The molecule has 0 radical (unpaired) electrons. The molecule has 14 rings (SSSR count). The molecule has 0 saturated carbocycles. The van der Waals surface area contributed by atoms with E-state index in [1.54, 1.807) is 0 Å². The van der Waals surface area contributed by atoms with Gasteiger partial charge in [-0.15, -0.1) is 0 Å². The number of nitrogens with zero attached hydrogens (tertiary/aromatic N) is 3. The van der Waals surface area contributed by atoms with Gasteiger partial charge in [-0.25, -0.2) is 0 Å². The van der Waals surface area contributed by atoms with E-state index >= 15 is 0 Å². The van der Waals surface area contributed by atoms with Crippen molar-refractivity contribution in [2.45, 2.75) is 0 Å². The molecule has 298 valence electrons. The van der Waals surface area contributed by atoms with Crippen molar-refractivity contribution in [3.05, 3.63) is 224 Å². The number of aromatic nitrogens is 3. The van der Waals surface area contributed by atoms with Crippen LogP contribution in [0.3, 0.4) is 0 Å². The predicted molar refractivity (Wildman–Crippen MR) is 268 cm³/mol. The van der Waals surface area contributed by atoms with Crippen molar-refractivity contribution in [3.63, 3.8) is 0 Å². The lowest BCUT2D eigenvalue weighted by Gasteiger charge is -2.10. The zero-order valence-corrected chi connectivity index (χ0v) is 34.6. The van der Waals surface area contributed by atoms with Gasteiger partial charge in [0.25, 0.3) is 0 Å². The Balaban J connectivity index is 0.907. The molecule has 4 heterocycles. The van der Waals surface area contributed by atoms with Crippen molar-refractivity contribution in [2.24, 2.45) is 0 Å². The minimum atomic E-state index is 0.877. The molecule has 0 fully saturated rings. The number of furan rings is 1. The first-order valence-corrected chi connectivity index (χ1v) is 21.9. The maximum atomic E-state index is 6.87. The largest absolute Gasteiger partial charge is 0.455 e. The summed E-state index contributed by atoms with van der Waals surface area (Å²) in [6.45, 7) is 0. The van der Waals surface area contributed by atoms with Gasteiger partial charge >= 0.3 is 0 Å². The maximum Gasteiger partial charge on any atom is 0.145 e. The molecule has 0 aliphatic carbocycles. The fourth-order valence-electron chi connectivity index (χ4n) is 10.6. The maximum absolute atomic E-state index is 6.87. The lowest BCUT2D eigenvalue weighted by Crippen LogP contribution is -1.94. The number of rotatable bonds is 5. The fraction of sp³-hybridized carbons (Fsp3) is 0. The minimum absolute atomic E-state index is 0.877. The van der Waals surface area contributed by atoms with Crippen molar-refractivity contribution in [1.29, 1.82) is 0 Å². The van der Waals surface area contributed by atoms with Crippen molar-refractivity contribution >= 4 is 87.4 Å². The van der Waals surface area contributed by atoms with Crippen LogP contribution in [0.5, 0.6) is 0 Å². The zero-order valence-electron chi connectivity index (χ0n) is 34.6. The number of fused-ring (bicyclic) bond motifs is 13. The standard InChI is InChI=1S/C60H37N3O/c1-3-13-38(14-4-1)39-23-27-43(28-24-39)62-54-22-12-9-19-48(54)59-57(62)33-30-47-51-37-44(29-34-58(51)64-60(47)59)63-53-21-11-8-18-46(53)50-36-41(26-32-56(50)63)40-25-31-55-49(35-40)45-17-7-10-20-52(45)61(55)42-15-5-2-6-16-42/h1-37H. The van der Waals surface area contributed by atoms with Gasteiger partial charge in [-0.3, -0.25) is 0 Å². The first-order chi connectivity index (χ1) is 31.7. The summed E-state index contributed by atoms with van der Waals surface area (Å²) in [5, 5.41) is 9.47. The van der Waals surface area contributed by atoms with Gasteiger partial charge in [0.05, 0.1) is 38.5 Å². The van der Waals surface area contributed by atoms with Crippen LogP contribution in [0.15, 0.2) is 229 Å². The Morgan fingerprint density at radius 2 is 0.703 bits per heavy atom. The second-order valence-electron chi connectivity index (χ2n) is 16.9. The molecular formula is C60H37N3O. The van der Waals surface area contributed by atoms with Crippen molar-refractivity contribution < 1.29 is 4.42 Å². The summed E-state index contributed by atoms with van der Waals surface area (Å²) < 4.78 is 14.0. The summed E-state index contributed by atoms with van der Waals surface area (Å²) in [6, 6.07) is 81.3. The topological polar surface area (TPSA) is 27.9 Å². The van der Waals surface area contributed by atoms with E-state index < -0.39 is 0 Å². The Hall–Kier alpha value is -8.60. The first-order valence-electron chi connectivity index (χ1n) is 21.9. The van der Waals surface area contributed by atoms with E-state index in [4.69, 9.17) is 4.42 Å². The van der Waals surface area contributed by atoms with Crippen LogP contribution in [-0.4, -0.2) is 13.7 Å². The molecule has 14 aromatic rings. The minimum Gasteiger partial charge on any atom is -0.455 e. The number of hydrogen-bond donors (Lipinski definition) is 0. The molecule has 0 amide bonds. The molecule has 10 aromatic carbocycles. The van der Waals surface area contributed by atoms with E-state index in [1.165, 1.54) is 76.9 Å². The molecule has 0 aliphatic heterocycles. The van der Waals surface area contributed by atoms with Crippen LogP contribution < -0.4 is 0 Å². The molecule has 4 nitrogen and oxygen atoms in total. The van der Waals surface area contributed by atoms with Crippen LogP contribution in [0.2, 0.25) is 0 Å². The molecule has 0 N–H and O–H groups in total. The molecule has 64 heavy (non-hydrogen) atoms. The highest BCUT2D eigenvalue weighted by molar-refractivity contribution is 6.24. The smallest absolute Gasteiger partial charge is 0.145 e. The average Bonchev–Trinajstić information content (AvgIpc) is 4.10. The second-order valence-corrected chi connectivity index (χ2v) is 16.9. The van der Waals surface area contributed by atoms with Gasteiger partial charge in [-0.2, -0.15) is 0 Å². The second kappa shape index (κ2) is 13.4. The zero-order chi connectivity index (χ0) is 41.9. The van der Waals surface area contributed by atoms with Crippen LogP contribution in [0.25, 0.3) is 127 Å². The number of para-hydroxylation sites is 4. The summed E-state index contributed by atoms with van der Waals surface area (Å²) in [7, 11) is 0. The molecule has 0 atom stereocenters. The summed E-state index contributed by atoms with van der Waals surface area (Å²) in [4.78, 5) is 0. The third kappa shape index (κ3) is 5.05. The summed E-state index contributed by atoms with van der Waals surface area (Å²) in [5.74, 6) is 0. The van der Waals surface area contributed by atoms with Crippen LogP contribution in [0.4, 0.5) is 0 Å². The number of benzene rings is 10. The highest BCUT2D eigenvalue weighted by Gasteiger charge is 2.21. The Morgan fingerprint density at radius 3 is 1.36 bits per heavy atom. The molecule has 0 saturated heterocycles. The van der Waals surface area contributed by atoms with Crippen LogP contribution in [0.1, 0.15) is 0 Å². The summed E-state index contributed by atoms with van der Waals surface area (Å²) >= 11 is 0. The lowest BCUT2D eigenvalue weighted by atomic mass is 10.0. The van der Waals surface area contributed by atoms with Gasteiger partial charge in [0.2, 0.25) is 0 Å². The van der Waals surface area contributed by atoms with Crippen molar-refractivity contribution in [3.8, 4) is 39.3 Å².